The molecule has 4 heteroatoms. The number of nitriles is 1. The predicted molar refractivity (Wildman–Crippen MR) is 69.4 cm³/mol. The molecule has 0 aromatic carbocycles. The number of rotatable bonds is 1. The van der Waals surface area contributed by atoms with Crippen molar-refractivity contribution in [2.45, 2.75) is 18.8 Å². The van der Waals surface area contributed by atoms with Crippen LogP contribution in [0.5, 0.6) is 0 Å². The third-order valence-corrected chi connectivity index (χ3v) is 3.67. The zero-order valence-electron chi connectivity index (χ0n) is 10.5. The lowest BCUT2D eigenvalue weighted by Gasteiger charge is -2.28. The molecule has 0 amide bonds. The Kier molecular flexibility index (Phi) is 2.77. The summed E-state index contributed by atoms with van der Waals surface area (Å²) in [5.41, 5.74) is 1.46. The summed E-state index contributed by atoms with van der Waals surface area (Å²) in [6.07, 6.45) is 4.36. The molecule has 92 valence electrons. The highest BCUT2D eigenvalue weighted by atomic mass is 15.1. The van der Waals surface area contributed by atoms with Crippen molar-refractivity contribution in [1.82, 2.24) is 14.3 Å². The minimum absolute atomic E-state index is 0.431. The van der Waals surface area contributed by atoms with E-state index in [1.165, 1.54) is 6.42 Å². The number of imidazole rings is 1. The molecule has 0 N–H and O–H groups in total. The van der Waals surface area contributed by atoms with Crippen molar-refractivity contribution in [2.24, 2.45) is 0 Å². The van der Waals surface area contributed by atoms with Gasteiger partial charge in [0.05, 0.1) is 5.52 Å². The van der Waals surface area contributed by atoms with E-state index in [0.29, 0.717) is 11.6 Å². The van der Waals surface area contributed by atoms with Gasteiger partial charge >= 0.3 is 0 Å². The molecule has 3 rings (SSSR count). The number of likely N-dealkylation sites (tertiary alicyclic amines) is 1. The second-order valence-corrected chi connectivity index (χ2v) is 4.99. The van der Waals surface area contributed by atoms with Crippen LogP contribution in [0.15, 0.2) is 24.4 Å². The van der Waals surface area contributed by atoms with Gasteiger partial charge in [-0.15, -0.1) is 0 Å². The first-order chi connectivity index (χ1) is 8.79. The van der Waals surface area contributed by atoms with E-state index < -0.39 is 0 Å². The number of likely N-dealkylation sites (N-methyl/N-ethyl adjacent to an activating group) is 1. The maximum Gasteiger partial charge on any atom is 0.166 e. The SMILES string of the molecule is CN1CCCC(c2nc(C#N)c3ccccn23)C1. The Balaban J connectivity index is 2.09. The maximum absolute atomic E-state index is 9.16. The summed E-state index contributed by atoms with van der Waals surface area (Å²) in [6, 6.07) is 8.10. The molecule has 3 heterocycles. The van der Waals surface area contributed by atoms with Gasteiger partial charge in [0, 0.05) is 18.7 Å². The fourth-order valence-corrected chi connectivity index (χ4v) is 2.81. The monoisotopic (exact) mass is 240 g/mol. The van der Waals surface area contributed by atoms with Gasteiger partial charge in [-0.1, -0.05) is 6.07 Å². The van der Waals surface area contributed by atoms with E-state index in [4.69, 9.17) is 5.26 Å². The fraction of sp³-hybridized carbons (Fsp3) is 0.429. The lowest BCUT2D eigenvalue weighted by Crippen LogP contribution is -2.31. The highest BCUT2D eigenvalue weighted by Gasteiger charge is 2.24. The van der Waals surface area contributed by atoms with Crippen molar-refractivity contribution in [3.8, 4) is 6.07 Å². The first kappa shape index (κ1) is 11.2. The van der Waals surface area contributed by atoms with Crippen LogP contribution in [-0.2, 0) is 0 Å². The molecule has 18 heavy (non-hydrogen) atoms. The van der Waals surface area contributed by atoms with Crippen LogP contribution in [0, 0.1) is 11.3 Å². The third-order valence-electron chi connectivity index (χ3n) is 3.67. The van der Waals surface area contributed by atoms with Gasteiger partial charge in [-0.3, -0.25) is 0 Å². The molecular formula is C14H16N4. The van der Waals surface area contributed by atoms with Crippen molar-refractivity contribution < 1.29 is 0 Å². The highest BCUT2D eigenvalue weighted by Crippen LogP contribution is 2.27. The summed E-state index contributed by atoms with van der Waals surface area (Å²) < 4.78 is 2.07. The molecule has 2 aromatic rings. The molecule has 1 saturated heterocycles. The summed E-state index contributed by atoms with van der Waals surface area (Å²) >= 11 is 0. The molecule has 1 fully saturated rings. The van der Waals surface area contributed by atoms with Gasteiger partial charge in [0.1, 0.15) is 11.9 Å². The van der Waals surface area contributed by atoms with E-state index in [2.05, 4.69) is 27.4 Å². The summed E-state index contributed by atoms with van der Waals surface area (Å²) in [5.74, 6) is 1.47. The number of fused-ring (bicyclic) bond motifs is 1. The van der Waals surface area contributed by atoms with Gasteiger partial charge in [-0.25, -0.2) is 4.98 Å². The van der Waals surface area contributed by atoms with E-state index in [-0.39, 0.29) is 0 Å². The summed E-state index contributed by atoms with van der Waals surface area (Å²) in [6.45, 7) is 2.18. The van der Waals surface area contributed by atoms with Crippen LogP contribution in [0.1, 0.15) is 30.3 Å². The van der Waals surface area contributed by atoms with Crippen LogP contribution in [0.2, 0.25) is 0 Å². The van der Waals surface area contributed by atoms with Crippen LogP contribution < -0.4 is 0 Å². The Bertz CT molecular complexity index is 608. The van der Waals surface area contributed by atoms with Gasteiger partial charge in [0.2, 0.25) is 0 Å². The third kappa shape index (κ3) is 1.77. The van der Waals surface area contributed by atoms with Crippen molar-refractivity contribution in [3.05, 3.63) is 35.9 Å². The quantitative estimate of drug-likeness (QED) is 0.766. The average molecular weight is 240 g/mol. The number of hydrogen-bond donors (Lipinski definition) is 0. The van der Waals surface area contributed by atoms with Crippen molar-refractivity contribution in [2.75, 3.05) is 20.1 Å². The molecule has 1 aliphatic rings. The lowest BCUT2D eigenvalue weighted by atomic mass is 9.98. The van der Waals surface area contributed by atoms with Crippen molar-refractivity contribution >= 4 is 5.52 Å². The Labute approximate surface area is 106 Å². The van der Waals surface area contributed by atoms with Crippen molar-refractivity contribution in [1.29, 1.82) is 5.26 Å². The highest BCUT2D eigenvalue weighted by molar-refractivity contribution is 5.58. The Morgan fingerprint density at radius 3 is 3.11 bits per heavy atom. The first-order valence-electron chi connectivity index (χ1n) is 6.35. The predicted octanol–water partition coefficient (Wildman–Crippen LogP) is 2.02. The Hall–Kier alpha value is -1.86. The maximum atomic E-state index is 9.16. The van der Waals surface area contributed by atoms with Crippen LogP contribution in [0.25, 0.3) is 5.52 Å². The number of aromatic nitrogens is 2. The topological polar surface area (TPSA) is 44.3 Å². The number of pyridine rings is 1. The normalized spacial score (nSPS) is 21.0. The second kappa shape index (κ2) is 4.43. The molecule has 1 unspecified atom stereocenters. The summed E-state index contributed by atoms with van der Waals surface area (Å²) in [5, 5.41) is 9.16. The van der Waals surface area contributed by atoms with E-state index in [0.717, 1.165) is 30.9 Å². The largest absolute Gasteiger partial charge is 0.306 e. The second-order valence-electron chi connectivity index (χ2n) is 4.99. The first-order valence-corrected chi connectivity index (χ1v) is 6.35. The van der Waals surface area contributed by atoms with Crippen LogP contribution in [0.3, 0.4) is 0 Å². The van der Waals surface area contributed by atoms with Gasteiger partial charge < -0.3 is 9.30 Å². The summed E-state index contributed by atoms with van der Waals surface area (Å²) in [7, 11) is 2.15. The molecule has 0 bridgehead atoms. The molecule has 1 aliphatic heterocycles. The molecule has 0 aliphatic carbocycles. The van der Waals surface area contributed by atoms with Gasteiger partial charge in [-0.2, -0.15) is 5.26 Å². The molecule has 0 saturated carbocycles. The molecule has 2 aromatic heterocycles. The molecular weight excluding hydrogens is 224 g/mol. The van der Waals surface area contributed by atoms with E-state index in [1.54, 1.807) is 0 Å². The van der Waals surface area contributed by atoms with Gasteiger partial charge in [-0.05, 0) is 38.6 Å². The van der Waals surface area contributed by atoms with Crippen LogP contribution in [-0.4, -0.2) is 34.4 Å². The minimum atomic E-state index is 0.431. The van der Waals surface area contributed by atoms with Gasteiger partial charge in [0.15, 0.2) is 5.69 Å². The Morgan fingerprint density at radius 1 is 1.44 bits per heavy atom. The zero-order valence-corrected chi connectivity index (χ0v) is 10.5. The Morgan fingerprint density at radius 2 is 2.33 bits per heavy atom. The van der Waals surface area contributed by atoms with Gasteiger partial charge in [0.25, 0.3) is 0 Å². The fourth-order valence-electron chi connectivity index (χ4n) is 2.81. The number of nitrogens with zero attached hydrogens (tertiary/aromatic N) is 4. The molecule has 1 atom stereocenters. The standard InChI is InChI=1S/C14H16N4/c1-17-7-4-5-11(10-17)14-16-12(9-15)13-6-2-3-8-18(13)14/h2-3,6,8,11H,4-5,7,10H2,1H3. The molecule has 0 spiro atoms. The molecule has 4 nitrogen and oxygen atoms in total. The van der Waals surface area contributed by atoms with E-state index in [1.807, 2.05) is 24.4 Å². The lowest BCUT2D eigenvalue weighted by molar-refractivity contribution is 0.245. The van der Waals surface area contributed by atoms with E-state index >= 15 is 0 Å². The molecule has 0 radical (unpaired) electrons. The summed E-state index contributed by atoms with van der Waals surface area (Å²) in [4.78, 5) is 6.88. The average Bonchev–Trinajstić information content (AvgIpc) is 2.77. The van der Waals surface area contributed by atoms with Crippen molar-refractivity contribution in [3.63, 3.8) is 0 Å². The van der Waals surface area contributed by atoms with Crippen LogP contribution in [0.4, 0.5) is 0 Å². The smallest absolute Gasteiger partial charge is 0.166 e. The van der Waals surface area contributed by atoms with E-state index in [9.17, 15) is 0 Å². The minimum Gasteiger partial charge on any atom is -0.306 e. The number of hydrogen-bond acceptors (Lipinski definition) is 3. The zero-order chi connectivity index (χ0) is 12.5. The number of piperidine rings is 1. The van der Waals surface area contributed by atoms with Crippen LogP contribution >= 0.6 is 0 Å².